The molecule has 9 heteroatoms. The third-order valence-electron chi connectivity index (χ3n) is 6.19. The van der Waals surface area contributed by atoms with Crippen LogP contribution >= 0.6 is 0 Å². The summed E-state index contributed by atoms with van der Waals surface area (Å²) >= 11 is 0. The molecule has 0 aliphatic rings. The lowest BCUT2D eigenvalue weighted by Gasteiger charge is -2.17. The van der Waals surface area contributed by atoms with Gasteiger partial charge in [0, 0.05) is 13.0 Å². The van der Waals surface area contributed by atoms with Gasteiger partial charge in [0.05, 0.1) is 44.7 Å². The van der Waals surface area contributed by atoms with Crippen molar-refractivity contribution in [1.29, 1.82) is 0 Å². The Kier molecular flexibility index (Phi) is 22.3. The number of unbranched alkanes of at least 4 members (excludes halogenated alkanes) is 1. The van der Waals surface area contributed by atoms with Crippen LogP contribution in [0.25, 0.3) is 0 Å². The Balaban J connectivity index is 4.40. The summed E-state index contributed by atoms with van der Waals surface area (Å²) in [5.74, 6) is -2.35. The molecule has 0 aromatic carbocycles. The van der Waals surface area contributed by atoms with Crippen LogP contribution in [0.15, 0.2) is 38.0 Å². The van der Waals surface area contributed by atoms with Crippen molar-refractivity contribution in [2.24, 2.45) is 17.8 Å². The Bertz CT molecular complexity index is 747. The third-order valence-corrected chi connectivity index (χ3v) is 6.19. The van der Waals surface area contributed by atoms with Gasteiger partial charge in [-0.3, -0.25) is 19.2 Å². The lowest BCUT2D eigenvalue weighted by molar-refractivity contribution is -0.149. The zero-order valence-corrected chi connectivity index (χ0v) is 23.6. The average molecular weight is 553 g/mol. The minimum Gasteiger partial charge on any atom is -0.469 e. The Morgan fingerprint density at radius 2 is 1.05 bits per heavy atom. The molecule has 0 heterocycles. The zero-order chi connectivity index (χ0) is 29.3. The first kappa shape index (κ1) is 36.1. The number of esters is 4. The van der Waals surface area contributed by atoms with Gasteiger partial charge in [-0.1, -0.05) is 18.2 Å². The first-order valence-corrected chi connectivity index (χ1v) is 13.8. The van der Waals surface area contributed by atoms with E-state index in [1.165, 1.54) is 7.11 Å². The Labute approximate surface area is 233 Å². The first-order valence-electron chi connectivity index (χ1n) is 13.8. The second kappa shape index (κ2) is 24.1. The van der Waals surface area contributed by atoms with Gasteiger partial charge in [0.2, 0.25) is 0 Å². The smallest absolute Gasteiger partial charge is 0.309 e. The van der Waals surface area contributed by atoms with Crippen LogP contribution in [-0.2, 0) is 38.1 Å². The number of aliphatic hydroxyl groups excluding tert-OH is 1. The second-order valence-electron chi connectivity index (χ2n) is 9.35. The van der Waals surface area contributed by atoms with Gasteiger partial charge in [0.15, 0.2) is 0 Å². The van der Waals surface area contributed by atoms with Gasteiger partial charge in [0.1, 0.15) is 0 Å². The van der Waals surface area contributed by atoms with Crippen molar-refractivity contribution < 1.29 is 43.2 Å². The number of allylic oxidation sites excluding steroid dienone is 3. The summed E-state index contributed by atoms with van der Waals surface area (Å²) in [6.45, 7) is 11.7. The van der Waals surface area contributed by atoms with Crippen LogP contribution in [0.5, 0.6) is 0 Å². The highest BCUT2D eigenvalue weighted by molar-refractivity contribution is 5.73. The number of rotatable bonds is 25. The van der Waals surface area contributed by atoms with Crippen molar-refractivity contribution in [2.75, 3.05) is 33.5 Å². The lowest BCUT2D eigenvalue weighted by atomic mass is 9.99. The van der Waals surface area contributed by atoms with E-state index in [1.54, 1.807) is 18.2 Å². The summed E-state index contributed by atoms with van der Waals surface area (Å²) in [6, 6.07) is 0. The van der Waals surface area contributed by atoms with Gasteiger partial charge >= 0.3 is 23.9 Å². The molecule has 0 aliphatic heterocycles. The van der Waals surface area contributed by atoms with Crippen molar-refractivity contribution in [3.8, 4) is 0 Å². The maximum Gasteiger partial charge on any atom is 0.309 e. The number of hydrogen-bond acceptors (Lipinski definition) is 9. The van der Waals surface area contributed by atoms with Gasteiger partial charge in [0.25, 0.3) is 0 Å². The van der Waals surface area contributed by atoms with Crippen LogP contribution in [0.4, 0.5) is 0 Å². The molecule has 0 saturated carbocycles. The summed E-state index contributed by atoms with van der Waals surface area (Å²) in [5, 5.41) is 8.76. The summed E-state index contributed by atoms with van der Waals surface area (Å²) in [4.78, 5) is 48.5. The lowest BCUT2D eigenvalue weighted by Crippen LogP contribution is -2.21. The molecule has 0 spiro atoms. The van der Waals surface area contributed by atoms with Crippen LogP contribution < -0.4 is 0 Å². The van der Waals surface area contributed by atoms with Crippen LogP contribution in [0.3, 0.4) is 0 Å². The molecule has 1 N–H and O–H groups in total. The van der Waals surface area contributed by atoms with Crippen molar-refractivity contribution in [3.63, 3.8) is 0 Å². The Morgan fingerprint density at radius 1 is 0.641 bits per heavy atom. The van der Waals surface area contributed by atoms with Crippen molar-refractivity contribution in [2.45, 2.75) is 77.0 Å². The van der Waals surface area contributed by atoms with E-state index in [1.807, 2.05) is 0 Å². The molecule has 3 unspecified atom stereocenters. The van der Waals surface area contributed by atoms with Crippen molar-refractivity contribution >= 4 is 23.9 Å². The summed E-state index contributed by atoms with van der Waals surface area (Å²) in [7, 11) is 1.35. The van der Waals surface area contributed by atoms with Crippen LogP contribution in [0.2, 0.25) is 0 Å². The molecule has 0 aliphatic carbocycles. The zero-order valence-electron chi connectivity index (χ0n) is 23.6. The molecule has 0 bridgehead atoms. The van der Waals surface area contributed by atoms with Gasteiger partial charge in [-0.25, -0.2) is 0 Å². The maximum atomic E-state index is 12.5. The van der Waals surface area contributed by atoms with E-state index < -0.39 is 0 Å². The number of hydrogen-bond donors (Lipinski definition) is 1. The molecule has 9 nitrogen and oxygen atoms in total. The molecule has 0 saturated heterocycles. The number of aliphatic hydroxyl groups is 1. The van der Waals surface area contributed by atoms with E-state index >= 15 is 0 Å². The highest BCUT2D eigenvalue weighted by atomic mass is 16.5. The van der Waals surface area contributed by atoms with Crippen molar-refractivity contribution in [3.05, 3.63) is 38.0 Å². The predicted octanol–water partition coefficient (Wildman–Crippen LogP) is 4.87. The van der Waals surface area contributed by atoms with Gasteiger partial charge in [-0.05, 0) is 70.6 Å². The Hall–Kier alpha value is -2.94. The van der Waals surface area contributed by atoms with E-state index in [2.05, 4.69) is 19.7 Å². The number of carbonyl (C=O) groups is 4. The van der Waals surface area contributed by atoms with Gasteiger partial charge < -0.3 is 24.1 Å². The number of ether oxygens (including phenoxy) is 4. The molecule has 0 amide bonds. The quantitative estimate of drug-likeness (QED) is 0.0731. The number of carbonyl (C=O) groups excluding carboxylic acids is 4. The Morgan fingerprint density at radius 3 is 1.44 bits per heavy atom. The number of methoxy groups -OCH3 is 1. The summed E-state index contributed by atoms with van der Waals surface area (Å²) in [6.07, 6.45) is 10.9. The highest BCUT2D eigenvalue weighted by Gasteiger charge is 2.22. The van der Waals surface area contributed by atoms with Crippen LogP contribution in [0, 0.1) is 17.8 Å². The van der Waals surface area contributed by atoms with E-state index in [0.29, 0.717) is 70.6 Å². The molecule has 0 aromatic rings. The van der Waals surface area contributed by atoms with E-state index in [9.17, 15) is 19.2 Å². The van der Waals surface area contributed by atoms with E-state index in [4.69, 9.17) is 24.1 Å². The molecule has 0 fully saturated rings. The minimum absolute atomic E-state index is 0.0500. The molecule has 39 heavy (non-hydrogen) atoms. The summed E-state index contributed by atoms with van der Waals surface area (Å²) < 4.78 is 20.8. The fourth-order valence-electron chi connectivity index (χ4n) is 3.98. The van der Waals surface area contributed by atoms with Crippen molar-refractivity contribution in [1.82, 2.24) is 0 Å². The average Bonchev–Trinajstić information content (AvgIpc) is 2.93. The predicted molar refractivity (Wildman–Crippen MR) is 148 cm³/mol. The molecular formula is C30H48O9. The molecule has 222 valence electrons. The van der Waals surface area contributed by atoms with Crippen LogP contribution in [-0.4, -0.2) is 62.5 Å². The highest BCUT2D eigenvalue weighted by Crippen LogP contribution is 2.18. The first-order chi connectivity index (χ1) is 18.8. The molecule has 3 atom stereocenters. The normalized spacial score (nSPS) is 12.9. The van der Waals surface area contributed by atoms with E-state index in [0.717, 1.165) is 0 Å². The summed E-state index contributed by atoms with van der Waals surface area (Å²) in [5.41, 5.74) is 0. The van der Waals surface area contributed by atoms with Crippen LogP contribution in [0.1, 0.15) is 77.0 Å². The fourth-order valence-corrected chi connectivity index (χ4v) is 3.98. The molecule has 0 rings (SSSR count). The standard InChI is InChI=1S/C30H48O9/c1-5-13-24(28(33)36-4)16-11-22-38-30(35)26(15-7-3)18-12-23-39-29(34)25(14-6-2)17-10-21-37-27(32)19-8-9-20-31/h5-7,24-26,31H,1-3,8-23H2,4H3. The molecule has 0 radical (unpaired) electrons. The molecule has 0 aromatic heterocycles. The molecular weight excluding hydrogens is 504 g/mol. The largest absolute Gasteiger partial charge is 0.469 e. The van der Waals surface area contributed by atoms with Gasteiger partial charge in [-0.2, -0.15) is 0 Å². The fraction of sp³-hybridized carbons (Fsp3) is 0.667. The topological polar surface area (TPSA) is 125 Å². The van der Waals surface area contributed by atoms with Gasteiger partial charge in [-0.15, -0.1) is 19.7 Å². The SMILES string of the molecule is C=CCC(CCCOC(=O)C(CC=C)CCCOC(=O)C(CC=C)CCCOC(=O)CCCCO)C(=O)OC. The maximum absolute atomic E-state index is 12.5. The second-order valence-corrected chi connectivity index (χ2v) is 9.35. The third kappa shape index (κ3) is 18.1. The minimum atomic E-state index is -0.387. The monoisotopic (exact) mass is 552 g/mol. The van der Waals surface area contributed by atoms with E-state index in [-0.39, 0.29) is 74.5 Å².